The minimum Gasteiger partial charge on any atom is -0.343 e. The smallest absolute Gasteiger partial charge is 0.238 e. The lowest BCUT2D eigenvalue weighted by atomic mass is 10.3. The number of hydrogen-bond acceptors (Lipinski definition) is 3. The van der Waals surface area contributed by atoms with Crippen LogP contribution in [0.15, 0.2) is 28.7 Å². The van der Waals surface area contributed by atoms with Crippen LogP contribution in [0.3, 0.4) is 0 Å². The molecule has 0 heterocycles. The van der Waals surface area contributed by atoms with Crippen LogP contribution in [0.1, 0.15) is 20.3 Å². The van der Waals surface area contributed by atoms with E-state index in [0.29, 0.717) is 13.0 Å². The molecule has 0 aliphatic heterocycles. The van der Waals surface area contributed by atoms with Crippen LogP contribution in [-0.2, 0) is 9.59 Å². The van der Waals surface area contributed by atoms with Crippen molar-refractivity contribution in [3.63, 3.8) is 0 Å². The van der Waals surface area contributed by atoms with Crippen molar-refractivity contribution in [2.45, 2.75) is 20.3 Å². The highest BCUT2D eigenvalue weighted by molar-refractivity contribution is 9.10. The first kappa shape index (κ1) is 17.7. The maximum absolute atomic E-state index is 11.8. The molecular weight excluding hydrogens is 334 g/mol. The average Bonchev–Trinajstić information content (AvgIpc) is 2.47. The number of nitrogens with one attached hydrogen (secondary N) is 2. The molecule has 1 aromatic carbocycles. The van der Waals surface area contributed by atoms with Crippen LogP contribution >= 0.6 is 15.9 Å². The number of carbonyl (C=O) groups excluding carboxylic acids is 2. The third-order valence-corrected chi connectivity index (χ3v) is 3.57. The van der Waals surface area contributed by atoms with Gasteiger partial charge in [-0.05, 0) is 38.1 Å². The molecule has 0 aliphatic rings. The summed E-state index contributed by atoms with van der Waals surface area (Å²) in [7, 11) is 0. The zero-order valence-electron chi connectivity index (χ0n) is 12.5. The fourth-order valence-corrected chi connectivity index (χ4v) is 2.13. The molecule has 0 aromatic heterocycles. The second kappa shape index (κ2) is 9.52. The van der Waals surface area contributed by atoms with Crippen LogP contribution in [-0.4, -0.2) is 42.9 Å². The normalized spacial score (nSPS) is 10.2. The van der Waals surface area contributed by atoms with E-state index < -0.39 is 0 Å². The largest absolute Gasteiger partial charge is 0.343 e. The molecule has 0 aliphatic carbocycles. The molecule has 0 saturated heterocycles. The molecule has 1 aromatic rings. The van der Waals surface area contributed by atoms with Gasteiger partial charge in [-0.2, -0.15) is 0 Å². The predicted molar refractivity (Wildman–Crippen MR) is 88.2 cm³/mol. The molecule has 21 heavy (non-hydrogen) atoms. The summed E-state index contributed by atoms with van der Waals surface area (Å²) in [6.07, 6.45) is 0.410. The number of hydrogen-bond donors (Lipinski definition) is 2. The summed E-state index contributed by atoms with van der Waals surface area (Å²) in [5.41, 5.74) is 0.754. The number of halogens is 1. The van der Waals surface area contributed by atoms with E-state index in [2.05, 4.69) is 26.6 Å². The first-order chi connectivity index (χ1) is 10.1. The molecule has 0 fully saturated rings. The second-order valence-corrected chi connectivity index (χ2v) is 5.46. The Balaban J connectivity index is 2.22. The second-order valence-electron chi connectivity index (χ2n) is 4.55. The Bertz CT molecular complexity index is 458. The number of carbonyl (C=O) groups is 2. The van der Waals surface area contributed by atoms with Crippen LogP contribution in [0.5, 0.6) is 0 Å². The van der Waals surface area contributed by atoms with E-state index in [-0.39, 0.29) is 18.4 Å². The Labute approximate surface area is 134 Å². The third kappa shape index (κ3) is 6.73. The fraction of sp³-hybridized carbons (Fsp3) is 0.467. The first-order valence-corrected chi connectivity index (χ1v) is 7.90. The number of nitrogens with zero attached hydrogens (tertiary/aromatic N) is 1. The van der Waals surface area contributed by atoms with Crippen LogP contribution in [0.25, 0.3) is 0 Å². The maximum atomic E-state index is 11.8. The quantitative estimate of drug-likeness (QED) is 0.703. The molecular formula is C15H22BrN3O2. The maximum Gasteiger partial charge on any atom is 0.238 e. The minimum atomic E-state index is -0.118. The standard InChI is InChI=1S/C15H22BrN3O2/c1-3-19(4-2)15(21)9-10-17-11-14(20)18-13-7-5-12(16)6-8-13/h5-8,17H,3-4,9-11H2,1-2H3,(H,18,20). The number of anilines is 1. The van der Waals surface area contributed by atoms with Gasteiger partial charge in [0.1, 0.15) is 0 Å². The first-order valence-electron chi connectivity index (χ1n) is 7.10. The number of benzene rings is 1. The van der Waals surface area contributed by atoms with Crippen molar-refractivity contribution in [1.82, 2.24) is 10.2 Å². The van der Waals surface area contributed by atoms with E-state index in [0.717, 1.165) is 23.2 Å². The lowest BCUT2D eigenvalue weighted by Gasteiger charge is -2.18. The summed E-state index contributed by atoms with van der Waals surface area (Å²) in [5.74, 6) is -0.00608. The molecule has 0 spiro atoms. The molecule has 2 N–H and O–H groups in total. The van der Waals surface area contributed by atoms with Gasteiger partial charge in [-0.1, -0.05) is 15.9 Å². The molecule has 0 saturated carbocycles. The van der Waals surface area contributed by atoms with Crippen molar-refractivity contribution in [3.05, 3.63) is 28.7 Å². The lowest BCUT2D eigenvalue weighted by Crippen LogP contribution is -2.34. The summed E-state index contributed by atoms with van der Waals surface area (Å²) in [5, 5.41) is 5.77. The van der Waals surface area contributed by atoms with Gasteiger partial charge in [0.15, 0.2) is 0 Å². The number of rotatable bonds is 8. The van der Waals surface area contributed by atoms with Gasteiger partial charge >= 0.3 is 0 Å². The highest BCUT2D eigenvalue weighted by atomic mass is 79.9. The van der Waals surface area contributed by atoms with Crippen LogP contribution in [0, 0.1) is 0 Å². The summed E-state index contributed by atoms with van der Waals surface area (Å²) < 4.78 is 0.966. The molecule has 0 radical (unpaired) electrons. The van der Waals surface area contributed by atoms with Gasteiger partial charge in [-0.3, -0.25) is 9.59 Å². The van der Waals surface area contributed by atoms with Crippen molar-refractivity contribution in [3.8, 4) is 0 Å². The topological polar surface area (TPSA) is 61.4 Å². The van der Waals surface area contributed by atoms with Crippen molar-refractivity contribution in [1.29, 1.82) is 0 Å². The van der Waals surface area contributed by atoms with Crippen LogP contribution < -0.4 is 10.6 Å². The van der Waals surface area contributed by atoms with Crippen LogP contribution in [0.2, 0.25) is 0 Å². The SMILES string of the molecule is CCN(CC)C(=O)CCNCC(=O)Nc1ccc(Br)cc1. The van der Waals surface area contributed by atoms with E-state index in [1.54, 1.807) is 4.90 Å². The molecule has 0 unspecified atom stereocenters. The van der Waals surface area contributed by atoms with E-state index in [9.17, 15) is 9.59 Å². The van der Waals surface area contributed by atoms with Gasteiger partial charge in [0.2, 0.25) is 11.8 Å². The Morgan fingerprint density at radius 1 is 1.14 bits per heavy atom. The minimum absolute atomic E-state index is 0.112. The van der Waals surface area contributed by atoms with E-state index in [4.69, 9.17) is 0 Å². The summed E-state index contributed by atoms with van der Waals surface area (Å²) >= 11 is 3.34. The van der Waals surface area contributed by atoms with Gasteiger partial charge < -0.3 is 15.5 Å². The van der Waals surface area contributed by atoms with Gasteiger partial charge in [0.25, 0.3) is 0 Å². The van der Waals surface area contributed by atoms with Crippen molar-refractivity contribution < 1.29 is 9.59 Å². The summed E-state index contributed by atoms with van der Waals surface area (Å²) in [6, 6.07) is 7.38. The molecule has 6 heteroatoms. The highest BCUT2D eigenvalue weighted by Gasteiger charge is 2.09. The van der Waals surface area contributed by atoms with E-state index in [1.807, 2.05) is 38.1 Å². The molecule has 0 bridgehead atoms. The van der Waals surface area contributed by atoms with Crippen molar-refractivity contribution in [2.75, 3.05) is 31.5 Å². The highest BCUT2D eigenvalue weighted by Crippen LogP contribution is 2.13. The van der Waals surface area contributed by atoms with Crippen molar-refractivity contribution >= 4 is 33.4 Å². The summed E-state index contributed by atoms with van der Waals surface area (Å²) in [4.78, 5) is 25.2. The van der Waals surface area contributed by atoms with Gasteiger partial charge in [-0.25, -0.2) is 0 Å². The molecule has 0 atom stereocenters. The predicted octanol–water partition coefficient (Wildman–Crippen LogP) is 2.24. The molecule has 2 amide bonds. The Morgan fingerprint density at radius 2 is 1.76 bits per heavy atom. The van der Waals surface area contributed by atoms with E-state index >= 15 is 0 Å². The average molecular weight is 356 g/mol. The lowest BCUT2D eigenvalue weighted by molar-refractivity contribution is -0.130. The zero-order chi connectivity index (χ0) is 15.7. The van der Waals surface area contributed by atoms with E-state index in [1.165, 1.54) is 0 Å². The van der Waals surface area contributed by atoms with Gasteiger partial charge in [0, 0.05) is 36.2 Å². The fourth-order valence-electron chi connectivity index (χ4n) is 1.87. The third-order valence-electron chi connectivity index (χ3n) is 3.05. The number of amides is 2. The molecule has 1 rings (SSSR count). The van der Waals surface area contributed by atoms with Crippen molar-refractivity contribution in [2.24, 2.45) is 0 Å². The van der Waals surface area contributed by atoms with Gasteiger partial charge in [-0.15, -0.1) is 0 Å². The Morgan fingerprint density at radius 3 is 2.33 bits per heavy atom. The molecule has 5 nitrogen and oxygen atoms in total. The van der Waals surface area contributed by atoms with Gasteiger partial charge in [0.05, 0.1) is 6.54 Å². The van der Waals surface area contributed by atoms with Crippen LogP contribution in [0.4, 0.5) is 5.69 Å². The monoisotopic (exact) mass is 355 g/mol. The zero-order valence-corrected chi connectivity index (χ0v) is 14.1. The molecule has 116 valence electrons. The Hall–Kier alpha value is -1.40. The Kier molecular flexibility index (Phi) is 8.00. The summed E-state index contributed by atoms with van der Waals surface area (Å²) in [6.45, 7) is 6.06.